The van der Waals surface area contributed by atoms with Crippen molar-refractivity contribution < 1.29 is 13.7 Å². The van der Waals surface area contributed by atoms with Crippen molar-refractivity contribution in [3.05, 3.63) is 35.9 Å². The Hall–Kier alpha value is -3.28. The molecular formula is C20H25F2N9O. The maximum absolute atomic E-state index is 15.3. The molecule has 2 N–H and O–H groups in total. The van der Waals surface area contributed by atoms with Crippen LogP contribution in [0.15, 0.2) is 24.8 Å². The van der Waals surface area contributed by atoms with Crippen molar-refractivity contribution in [2.24, 2.45) is 0 Å². The molecule has 12 heteroatoms. The summed E-state index contributed by atoms with van der Waals surface area (Å²) in [6.45, 7) is 2.67. The minimum absolute atomic E-state index is 0.0114. The fourth-order valence-corrected chi connectivity index (χ4v) is 3.85. The molecule has 2 aliphatic rings. The summed E-state index contributed by atoms with van der Waals surface area (Å²) in [6.07, 6.45) is 8.38. The minimum Gasteiger partial charge on any atom is -0.338 e. The molecule has 1 amide bonds. The number of nitrogens with one attached hydrogen (secondary N) is 2. The molecule has 0 bridgehead atoms. The molecule has 2 aromatic rings. The quantitative estimate of drug-likeness (QED) is 0.274. The third-order valence-corrected chi connectivity index (χ3v) is 5.74. The van der Waals surface area contributed by atoms with Crippen LogP contribution in [0.1, 0.15) is 42.1 Å². The molecular weight excluding hydrogens is 420 g/mol. The fraction of sp³-hybridized carbons (Fsp3) is 0.500. The first-order valence-electron chi connectivity index (χ1n) is 10.6. The van der Waals surface area contributed by atoms with Crippen LogP contribution in [0.3, 0.4) is 0 Å². The average Bonchev–Trinajstić information content (AvgIpc) is 3.67. The van der Waals surface area contributed by atoms with E-state index in [9.17, 15) is 9.28 Å². The van der Waals surface area contributed by atoms with E-state index >= 15 is 4.39 Å². The van der Waals surface area contributed by atoms with E-state index in [0.717, 1.165) is 24.8 Å². The SMILES string of the molecule is CCc1cnc(N2CC[C@@H](N(C(=O)c3cnc(N(C=N)NF)nc3)C3CC3)[C@@H](F)C2)nc1. The van der Waals surface area contributed by atoms with Gasteiger partial charge in [0.05, 0.1) is 18.2 Å². The van der Waals surface area contributed by atoms with E-state index in [-0.39, 0.29) is 30.0 Å². The molecule has 10 nitrogen and oxygen atoms in total. The molecule has 2 aromatic heterocycles. The molecule has 3 heterocycles. The minimum atomic E-state index is -1.26. The van der Waals surface area contributed by atoms with Gasteiger partial charge in [-0.15, -0.1) is 4.48 Å². The summed E-state index contributed by atoms with van der Waals surface area (Å²) in [7, 11) is 0. The lowest BCUT2D eigenvalue weighted by Gasteiger charge is -2.41. The molecule has 2 fully saturated rings. The highest BCUT2D eigenvalue weighted by atomic mass is 19.2. The highest BCUT2D eigenvalue weighted by molar-refractivity contribution is 5.94. The lowest BCUT2D eigenvalue weighted by molar-refractivity contribution is 0.0485. The monoisotopic (exact) mass is 445 g/mol. The summed E-state index contributed by atoms with van der Waals surface area (Å²) in [5.74, 6) is 0.0231. The Morgan fingerprint density at radius 2 is 1.91 bits per heavy atom. The van der Waals surface area contributed by atoms with E-state index in [1.54, 1.807) is 17.3 Å². The van der Waals surface area contributed by atoms with Crippen molar-refractivity contribution in [1.82, 2.24) is 30.5 Å². The largest absolute Gasteiger partial charge is 0.338 e. The van der Waals surface area contributed by atoms with Crippen molar-refractivity contribution >= 4 is 24.1 Å². The van der Waals surface area contributed by atoms with Gasteiger partial charge in [-0.1, -0.05) is 12.6 Å². The number of carbonyl (C=O) groups excluding carboxylic acids is 1. The number of aryl methyl sites for hydroxylation is 1. The van der Waals surface area contributed by atoms with Gasteiger partial charge in [0, 0.05) is 37.4 Å². The molecule has 1 aliphatic carbocycles. The Bertz CT molecular complexity index is 939. The Morgan fingerprint density at radius 1 is 1.22 bits per heavy atom. The number of alkyl halides is 1. The van der Waals surface area contributed by atoms with Gasteiger partial charge in [-0.2, -0.15) is 0 Å². The molecule has 170 valence electrons. The normalized spacial score (nSPS) is 20.7. The average molecular weight is 445 g/mol. The second kappa shape index (κ2) is 9.47. The number of amides is 1. The lowest BCUT2D eigenvalue weighted by Crippen LogP contribution is -2.55. The fourth-order valence-electron chi connectivity index (χ4n) is 3.85. The van der Waals surface area contributed by atoms with E-state index < -0.39 is 12.2 Å². The van der Waals surface area contributed by atoms with Crippen LogP contribution in [0.2, 0.25) is 0 Å². The van der Waals surface area contributed by atoms with Crippen LogP contribution in [0, 0.1) is 5.41 Å². The Labute approximate surface area is 184 Å². The van der Waals surface area contributed by atoms with Crippen LogP contribution < -0.4 is 15.6 Å². The van der Waals surface area contributed by atoms with Gasteiger partial charge in [-0.25, -0.2) is 29.3 Å². The molecule has 0 radical (unpaired) electrons. The Kier molecular flexibility index (Phi) is 6.49. The summed E-state index contributed by atoms with van der Waals surface area (Å²) in [5, 5.41) is 7.76. The first kappa shape index (κ1) is 21.9. The number of piperidine rings is 1. The maximum Gasteiger partial charge on any atom is 0.257 e. The highest BCUT2D eigenvalue weighted by Crippen LogP contribution is 2.34. The molecule has 1 saturated heterocycles. The maximum atomic E-state index is 15.3. The van der Waals surface area contributed by atoms with Crippen molar-refractivity contribution in [2.75, 3.05) is 23.0 Å². The summed E-state index contributed by atoms with van der Waals surface area (Å²) in [6, 6.07) is -0.575. The summed E-state index contributed by atoms with van der Waals surface area (Å²) < 4.78 is 27.9. The Balaban J connectivity index is 1.47. The van der Waals surface area contributed by atoms with Gasteiger partial charge in [0.15, 0.2) is 0 Å². The number of carbonyl (C=O) groups is 1. The number of anilines is 2. The molecule has 0 aromatic carbocycles. The van der Waals surface area contributed by atoms with E-state index in [1.807, 2.05) is 11.8 Å². The number of rotatable bonds is 8. The zero-order valence-corrected chi connectivity index (χ0v) is 17.7. The second-order valence-electron chi connectivity index (χ2n) is 7.86. The summed E-state index contributed by atoms with van der Waals surface area (Å²) >= 11 is 0. The van der Waals surface area contributed by atoms with Crippen molar-refractivity contribution in [1.29, 1.82) is 5.41 Å². The van der Waals surface area contributed by atoms with Crippen LogP contribution in [-0.2, 0) is 6.42 Å². The van der Waals surface area contributed by atoms with E-state index in [4.69, 9.17) is 5.41 Å². The van der Waals surface area contributed by atoms with Crippen LogP contribution in [0.4, 0.5) is 20.8 Å². The van der Waals surface area contributed by atoms with E-state index in [1.165, 1.54) is 18.0 Å². The predicted molar refractivity (Wildman–Crippen MR) is 114 cm³/mol. The van der Waals surface area contributed by atoms with E-state index in [2.05, 4.69) is 19.9 Å². The zero-order chi connectivity index (χ0) is 22.7. The summed E-state index contributed by atoms with van der Waals surface area (Å²) in [5.41, 5.74) is 2.47. The first-order chi connectivity index (χ1) is 15.5. The van der Waals surface area contributed by atoms with Gasteiger partial charge >= 0.3 is 0 Å². The molecule has 0 spiro atoms. The van der Waals surface area contributed by atoms with Crippen molar-refractivity contribution in [3.8, 4) is 0 Å². The lowest BCUT2D eigenvalue weighted by atomic mass is 10.00. The van der Waals surface area contributed by atoms with Gasteiger partial charge in [-0.3, -0.25) is 10.2 Å². The predicted octanol–water partition coefficient (Wildman–Crippen LogP) is 1.85. The van der Waals surface area contributed by atoms with Crippen molar-refractivity contribution in [2.45, 2.75) is 50.9 Å². The van der Waals surface area contributed by atoms with Crippen molar-refractivity contribution in [3.63, 3.8) is 0 Å². The standard InChI is InChI=1S/C20H25F2N9O/c1-2-13-7-24-19(25-8-13)29-6-5-17(16(21)11-29)31(15-3-4-15)18(32)14-9-26-20(27-10-14)30(12-23)28-22/h7-10,12,15-17,23,28H,2-6,11H2,1H3/t16-,17+/m0/s1. The third-order valence-electron chi connectivity index (χ3n) is 5.74. The number of hydrazine groups is 1. The molecule has 32 heavy (non-hydrogen) atoms. The highest BCUT2D eigenvalue weighted by Gasteiger charge is 2.43. The molecule has 0 unspecified atom stereocenters. The van der Waals surface area contributed by atoms with Crippen LogP contribution >= 0.6 is 0 Å². The van der Waals surface area contributed by atoms with Gasteiger partial charge in [0.1, 0.15) is 12.5 Å². The van der Waals surface area contributed by atoms with Gasteiger partial charge in [0.2, 0.25) is 11.9 Å². The smallest absolute Gasteiger partial charge is 0.257 e. The number of nitrogens with zero attached hydrogens (tertiary/aromatic N) is 7. The van der Waals surface area contributed by atoms with Crippen LogP contribution in [-0.4, -0.2) is 68.4 Å². The molecule has 4 rings (SSSR count). The van der Waals surface area contributed by atoms with Gasteiger partial charge in [0.25, 0.3) is 5.91 Å². The molecule has 2 atom stereocenters. The first-order valence-corrected chi connectivity index (χ1v) is 10.6. The number of hydrogen-bond donors (Lipinski definition) is 2. The molecule has 1 aliphatic heterocycles. The van der Waals surface area contributed by atoms with Crippen LogP contribution in [0.5, 0.6) is 0 Å². The zero-order valence-electron chi connectivity index (χ0n) is 17.7. The Morgan fingerprint density at radius 3 is 2.44 bits per heavy atom. The number of aromatic nitrogens is 4. The van der Waals surface area contributed by atoms with Gasteiger partial charge < -0.3 is 9.80 Å². The topological polar surface area (TPSA) is 114 Å². The second-order valence-corrected chi connectivity index (χ2v) is 7.86. The number of hydrogen-bond acceptors (Lipinski definition) is 8. The van der Waals surface area contributed by atoms with Crippen LogP contribution in [0.25, 0.3) is 0 Å². The summed E-state index contributed by atoms with van der Waals surface area (Å²) in [4.78, 5) is 33.2. The number of halogens is 2. The molecule has 1 saturated carbocycles. The van der Waals surface area contributed by atoms with E-state index in [0.29, 0.717) is 30.3 Å². The van der Waals surface area contributed by atoms with Gasteiger partial charge in [-0.05, 0) is 31.2 Å². The third kappa shape index (κ3) is 4.49.